The fourth-order valence-electron chi connectivity index (χ4n) is 4.30. The van der Waals surface area contributed by atoms with Crippen LogP contribution in [0.3, 0.4) is 0 Å². The van der Waals surface area contributed by atoms with Crippen molar-refractivity contribution >= 4 is 11.8 Å². The van der Waals surface area contributed by atoms with Crippen molar-refractivity contribution in [1.82, 2.24) is 15.5 Å². The van der Waals surface area contributed by atoms with E-state index in [0.29, 0.717) is 18.3 Å². The van der Waals surface area contributed by atoms with Gasteiger partial charge in [-0.25, -0.2) is 0 Å². The Morgan fingerprint density at radius 1 is 1.22 bits per heavy atom. The van der Waals surface area contributed by atoms with Crippen molar-refractivity contribution in [1.29, 1.82) is 0 Å². The first kappa shape index (κ1) is 19.9. The fourth-order valence-corrected chi connectivity index (χ4v) is 4.30. The minimum atomic E-state index is -0.00343. The number of hydrogen-bond acceptors (Lipinski definition) is 3. The molecule has 3 rings (SSSR count). The zero-order valence-corrected chi connectivity index (χ0v) is 16.7. The molecule has 2 fully saturated rings. The van der Waals surface area contributed by atoms with Crippen LogP contribution in [0.25, 0.3) is 0 Å². The minimum absolute atomic E-state index is 0.00343. The van der Waals surface area contributed by atoms with E-state index in [1.807, 2.05) is 36.1 Å². The molecule has 1 aromatic carbocycles. The molecule has 148 valence electrons. The van der Waals surface area contributed by atoms with Gasteiger partial charge < -0.3 is 15.5 Å². The van der Waals surface area contributed by atoms with Gasteiger partial charge >= 0.3 is 0 Å². The van der Waals surface area contributed by atoms with E-state index in [-0.39, 0.29) is 17.9 Å². The summed E-state index contributed by atoms with van der Waals surface area (Å²) in [4.78, 5) is 27.1. The summed E-state index contributed by atoms with van der Waals surface area (Å²) in [5.41, 5.74) is 1.74. The predicted octanol–water partition coefficient (Wildman–Crippen LogP) is 2.74. The van der Waals surface area contributed by atoms with E-state index < -0.39 is 0 Å². The van der Waals surface area contributed by atoms with Crippen LogP contribution in [0.4, 0.5) is 0 Å². The molecule has 2 aliphatic rings. The van der Waals surface area contributed by atoms with Gasteiger partial charge in [-0.3, -0.25) is 9.59 Å². The number of nitrogens with zero attached hydrogens (tertiary/aromatic N) is 1. The molecule has 0 spiro atoms. The van der Waals surface area contributed by atoms with E-state index >= 15 is 0 Å². The average molecular weight is 372 g/mol. The lowest BCUT2D eigenvalue weighted by atomic mass is 9.85. The van der Waals surface area contributed by atoms with E-state index in [9.17, 15) is 9.59 Å². The van der Waals surface area contributed by atoms with E-state index in [2.05, 4.69) is 17.6 Å². The van der Waals surface area contributed by atoms with Crippen LogP contribution in [0.15, 0.2) is 24.3 Å². The van der Waals surface area contributed by atoms with Crippen LogP contribution < -0.4 is 10.6 Å². The lowest BCUT2D eigenvalue weighted by Crippen LogP contribution is -2.47. The molecule has 2 amide bonds. The van der Waals surface area contributed by atoms with Crippen molar-refractivity contribution in [3.63, 3.8) is 0 Å². The number of likely N-dealkylation sites (tertiary alicyclic amines) is 1. The SMILES string of the molecule is Cc1ccccc1C(=O)NC1CCN(C(=O)CC(C)C2CCCNC2)CC1. The van der Waals surface area contributed by atoms with Crippen LogP contribution in [0, 0.1) is 18.8 Å². The number of carbonyl (C=O) groups excluding carboxylic acids is 2. The number of hydrogen-bond donors (Lipinski definition) is 2. The third-order valence-electron chi connectivity index (χ3n) is 6.21. The number of carbonyl (C=O) groups is 2. The van der Waals surface area contributed by atoms with E-state index in [1.54, 1.807) is 0 Å². The molecule has 0 bridgehead atoms. The van der Waals surface area contributed by atoms with Gasteiger partial charge in [0.15, 0.2) is 0 Å². The van der Waals surface area contributed by atoms with Crippen molar-refractivity contribution in [3.8, 4) is 0 Å². The van der Waals surface area contributed by atoms with Gasteiger partial charge in [-0.1, -0.05) is 25.1 Å². The lowest BCUT2D eigenvalue weighted by molar-refractivity contribution is -0.133. The molecule has 2 heterocycles. The smallest absolute Gasteiger partial charge is 0.251 e. The third kappa shape index (κ3) is 5.32. The van der Waals surface area contributed by atoms with Crippen molar-refractivity contribution in [3.05, 3.63) is 35.4 Å². The first-order valence-corrected chi connectivity index (χ1v) is 10.4. The van der Waals surface area contributed by atoms with Crippen LogP contribution in [0.5, 0.6) is 0 Å². The van der Waals surface area contributed by atoms with Gasteiger partial charge in [0.05, 0.1) is 0 Å². The molecule has 27 heavy (non-hydrogen) atoms. The Balaban J connectivity index is 1.43. The molecule has 1 aromatic rings. The lowest BCUT2D eigenvalue weighted by Gasteiger charge is -2.34. The van der Waals surface area contributed by atoms with Crippen LogP contribution in [0.1, 0.15) is 54.9 Å². The monoisotopic (exact) mass is 371 g/mol. The largest absolute Gasteiger partial charge is 0.349 e. The summed E-state index contributed by atoms with van der Waals surface area (Å²) in [5, 5.41) is 6.59. The first-order valence-electron chi connectivity index (χ1n) is 10.4. The zero-order valence-electron chi connectivity index (χ0n) is 16.7. The highest BCUT2D eigenvalue weighted by atomic mass is 16.2. The zero-order chi connectivity index (χ0) is 19.2. The first-order chi connectivity index (χ1) is 13.0. The quantitative estimate of drug-likeness (QED) is 0.837. The Labute approximate surface area is 162 Å². The van der Waals surface area contributed by atoms with Crippen molar-refractivity contribution in [2.75, 3.05) is 26.2 Å². The number of amides is 2. The molecular weight excluding hydrogens is 338 g/mol. The fraction of sp³-hybridized carbons (Fsp3) is 0.636. The molecule has 2 atom stereocenters. The van der Waals surface area contributed by atoms with Crippen LogP contribution in [-0.4, -0.2) is 48.9 Å². The summed E-state index contributed by atoms with van der Waals surface area (Å²) >= 11 is 0. The maximum Gasteiger partial charge on any atom is 0.251 e. The van der Waals surface area contributed by atoms with Gasteiger partial charge in [-0.2, -0.15) is 0 Å². The summed E-state index contributed by atoms with van der Waals surface area (Å²) in [6, 6.07) is 7.82. The number of nitrogens with one attached hydrogen (secondary N) is 2. The second-order valence-corrected chi connectivity index (χ2v) is 8.23. The molecule has 0 radical (unpaired) electrons. The standard InChI is InChI=1S/C22H33N3O2/c1-16-6-3-4-8-20(16)22(27)24-19-9-12-25(13-10-19)21(26)14-17(2)18-7-5-11-23-15-18/h3-4,6,8,17-19,23H,5,7,9-15H2,1-2H3,(H,24,27). The summed E-state index contributed by atoms with van der Waals surface area (Å²) in [7, 11) is 0. The summed E-state index contributed by atoms with van der Waals surface area (Å²) in [5.74, 6) is 1.32. The van der Waals surface area contributed by atoms with E-state index in [1.165, 1.54) is 12.8 Å². The van der Waals surface area contributed by atoms with Crippen molar-refractivity contribution < 1.29 is 9.59 Å². The maximum absolute atomic E-state index is 12.7. The molecule has 2 unspecified atom stereocenters. The molecular formula is C22H33N3O2. The highest BCUT2D eigenvalue weighted by Gasteiger charge is 2.27. The minimum Gasteiger partial charge on any atom is -0.349 e. The Morgan fingerprint density at radius 3 is 2.63 bits per heavy atom. The maximum atomic E-state index is 12.7. The molecule has 2 aliphatic heterocycles. The van der Waals surface area contributed by atoms with Crippen molar-refractivity contribution in [2.24, 2.45) is 11.8 Å². The van der Waals surface area contributed by atoms with Crippen LogP contribution in [0.2, 0.25) is 0 Å². The van der Waals surface area contributed by atoms with Crippen molar-refractivity contribution in [2.45, 2.75) is 52.0 Å². The summed E-state index contributed by atoms with van der Waals surface area (Å²) < 4.78 is 0. The van der Waals surface area contributed by atoms with E-state index in [0.717, 1.165) is 50.1 Å². The Hall–Kier alpha value is -1.88. The second kappa shape index (κ2) is 9.36. The number of piperidine rings is 2. The Bertz CT molecular complexity index is 647. The van der Waals surface area contributed by atoms with Gasteiger partial charge in [-0.15, -0.1) is 0 Å². The van der Waals surface area contributed by atoms with Gasteiger partial charge in [0.2, 0.25) is 5.91 Å². The number of rotatable bonds is 5. The molecule has 0 aromatic heterocycles. The molecule has 5 nitrogen and oxygen atoms in total. The Morgan fingerprint density at radius 2 is 1.96 bits per heavy atom. The van der Waals surface area contributed by atoms with Gasteiger partial charge in [0.25, 0.3) is 5.91 Å². The summed E-state index contributed by atoms with van der Waals surface area (Å²) in [6.07, 6.45) is 4.77. The molecule has 5 heteroatoms. The highest BCUT2D eigenvalue weighted by molar-refractivity contribution is 5.95. The van der Waals surface area contributed by atoms with Gasteiger partial charge in [-0.05, 0) is 69.2 Å². The van der Waals surface area contributed by atoms with Gasteiger partial charge in [0, 0.05) is 31.1 Å². The predicted molar refractivity (Wildman–Crippen MR) is 108 cm³/mol. The third-order valence-corrected chi connectivity index (χ3v) is 6.21. The van der Waals surface area contributed by atoms with Crippen LogP contribution in [-0.2, 0) is 4.79 Å². The molecule has 0 saturated carbocycles. The normalized spacial score (nSPS) is 22.3. The van der Waals surface area contributed by atoms with E-state index in [4.69, 9.17) is 0 Å². The van der Waals surface area contributed by atoms with Gasteiger partial charge in [0.1, 0.15) is 0 Å². The summed E-state index contributed by atoms with van der Waals surface area (Å²) in [6.45, 7) is 7.81. The molecule has 2 saturated heterocycles. The van der Waals surface area contributed by atoms with Crippen LogP contribution >= 0.6 is 0 Å². The number of benzene rings is 1. The Kier molecular flexibility index (Phi) is 6.89. The molecule has 0 aliphatic carbocycles. The highest BCUT2D eigenvalue weighted by Crippen LogP contribution is 2.24. The second-order valence-electron chi connectivity index (χ2n) is 8.23. The number of aryl methyl sites for hydroxylation is 1. The molecule has 2 N–H and O–H groups in total. The average Bonchev–Trinajstić information content (AvgIpc) is 2.69. The topological polar surface area (TPSA) is 61.4 Å².